The summed E-state index contributed by atoms with van der Waals surface area (Å²) in [5.74, 6) is -0.402. The fraction of sp³-hybridized carbons (Fsp3) is 0.562. The van der Waals surface area contributed by atoms with Gasteiger partial charge in [-0.25, -0.2) is 4.39 Å². The molecule has 6 heteroatoms. The number of ether oxygens (including phenoxy) is 1. The van der Waals surface area contributed by atoms with Gasteiger partial charge < -0.3 is 10.1 Å². The smallest absolute Gasteiger partial charge is 0.219 e. The number of morpholine rings is 1. The lowest BCUT2D eigenvalue weighted by Crippen LogP contribution is -2.46. The van der Waals surface area contributed by atoms with Crippen LogP contribution in [-0.4, -0.2) is 43.2 Å². The van der Waals surface area contributed by atoms with Gasteiger partial charge in [-0.3, -0.25) is 9.69 Å². The van der Waals surface area contributed by atoms with Crippen molar-refractivity contribution in [2.45, 2.75) is 32.4 Å². The van der Waals surface area contributed by atoms with Crippen LogP contribution in [0.3, 0.4) is 0 Å². The number of halogens is 2. The van der Waals surface area contributed by atoms with Crippen molar-refractivity contribution >= 4 is 17.5 Å². The summed E-state index contributed by atoms with van der Waals surface area (Å²) in [6, 6.07) is 4.37. The number of rotatable bonds is 5. The number of benzene rings is 1. The van der Waals surface area contributed by atoms with Crippen molar-refractivity contribution in [3.05, 3.63) is 34.6 Å². The van der Waals surface area contributed by atoms with E-state index in [0.717, 1.165) is 0 Å². The molecule has 1 aliphatic rings. The Morgan fingerprint density at radius 3 is 3.00 bits per heavy atom. The first kappa shape index (κ1) is 17.2. The molecule has 0 saturated carbocycles. The highest BCUT2D eigenvalue weighted by Crippen LogP contribution is 2.31. The zero-order chi connectivity index (χ0) is 16.1. The van der Waals surface area contributed by atoms with E-state index in [-0.39, 0.29) is 23.9 Å². The van der Waals surface area contributed by atoms with E-state index in [4.69, 9.17) is 16.3 Å². The summed E-state index contributed by atoms with van der Waals surface area (Å²) in [5.41, 5.74) is 0.440. The van der Waals surface area contributed by atoms with E-state index in [1.165, 1.54) is 6.07 Å². The highest BCUT2D eigenvalue weighted by Gasteiger charge is 2.29. The molecule has 1 heterocycles. The summed E-state index contributed by atoms with van der Waals surface area (Å²) in [5, 5.41) is 3.23. The Balaban J connectivity index is 2.26. The molecule has 0 spiro atoms. The maximum Gasteiger partial charge on any atom is 0.219 e. The van der Waals surface area contributed by atoms with Gasteiger partial charge in [0.15, 0.2) is 0 Å². The molecule has 122 valence electrons. The van der Waals surface area contributed by atoms with Crippen molar-refractivity contribution in [2.75, 3.05) is 26.2 Å². The minimum absolute atomic E-state index is 0.0567. The number of carbonyl (C=O) groups excluding carboxylic acids is 1. The Morgan fingerprint density at radius 2 is 2.36 bits per heavy atom. The Morgan fingerprint density at radius 1 is 1.59 bits per heavy atom. The van der Waals surface area contributed by atoms with E-state index >= 15 is 0 Å². The molecule has 1 fully saturated rings. The fourth-order valence-corrected chi connectivity index (χ4v) is 3.00. The third kappa shape index (κ3) is 4.18. The molecule has 0 unspecified atom stereocenters. The first-order valence-electron chi connectivity index (χ1n) is 7.59. The third-order valence-corrected chi connectivity index (χ3v) is 4.19. The van der Waals surface area contributed by atoms with Crippen LogP contribution in [0.5, 0.6) is 0 Å². The summed E-state index contributed by atoms with van der Waals surface area (Å²) in [6.07, 6.45) is 0.473. The molecule has 0 aliphatic carbocycles. The van der Waals surface area contributed by atoms with Crippen LogP contribution in [-0.2, 0) is 9.53 Å². The number of hydrogen-bond acceptors (Lipinski definition) is 3. The molecule has 1 N–H and O–H groups in total. The predicted molar refractivity (Wildman–Crippen MR) is 84.4 cm³/mol. The summed E-state index contributed by atoms with van der Waals surface area (Å²) in [4.78, 5) is 13.7. The average molecular weight is 329 g/mol. The van der Waals surface area contributed by atoms with Crippen LogP contribution in [0, 0.1) is 5.82 Å². The topological polar surface area (TPSA) is 41.6 Å². The quantitative estimate of drug-likeness (QED) is 0.903. The molecule has 1 aromatic carbocycles. The van der Waals surface area contributed by atoms with Crippen LogP contribution in [0.2, 0.25) is 5.02 Å². The Bertz CT molecular complexity index is 507. The van der Waals surface area contributed by atoms with Gasteiger partial charge in [-0.2, -0.15) is 0 Å². The molecular formula is C16H22ClFN2O2. The number of nitrogens with one attached hydrogen (secondary N) is 1. The zero-order valence-electron chi connectivity index (χ0n) is 12.9. The summed E-state index contributed by atoms with van der Waals surface area (Å²) >= 11 is 6.22. The molecule has 22 heavy (non-hydrogen) atoms. The minimum atomic E-state index is -0.345. The first-order chi connectivity index (χ1) is 10.5. The van der Waals surface area contributed by atoms with Crippen LogP contribution in [0.15, 0.2) is 18.2 Å². The van der Waals surface area contributed by atoms with Gasteiger partial charge in [-0.05, 0) is 19.1 Å². The Kier molecular flexibility index (Phi) is 6.17. The second-order valence-electron chi connectivity index (χ2n) is 5.49. The van der Waals surface area contributed by atoms with Gasteiger partial charge in [-0.15, -0.1) is 0 Å². The van der Waals surface area contributed by atoms with Crippen LogP contribution in [0.4, 0.5) is 4.39 Å². The second kappa shape index (κ2) is 7.90. The van der Waals surface area contributed by atoms with Gasteiger partial charge in [0.25, 0.3) is 0 Å². The molecule has 4 nitrogen and oxygen atoms in total. The van der Waals surface area contributed by atoms with Crippen molar-refractivity contribution < 1.29 is 13.9 Å². The van der Waals surface area contributed by atoms with Crippen molar-refractivity contribution in [3.63, 3.8) is 0 Å². The number of nitrogens with zero attached hydrogens (tertiary/aromatic N) is 1. The highest BCUT2D eigenvalue weighted by molar-refractivity contribution is 6.31. The summed E-state index contributed by atoms with van der Waals surface area (Å²) in [6.45, 7) is 6.05. The van der Waals surface area contributed by atoms with E-state index in [1.54, 1.807) is 19.1 Å². The van der Waals surface area contributed by atoms with Crippen LogP contribution < -0.4 is 5.32 Å². The molecule has 0 radical (unpaired) electrons. The van der Waals surface area contributed by atoms with E-state index in [1.807, 2.05) is 6.92 Å². The fourth-order valence-electron chi connectivity index (χ4n) is 2.71. The first-order valence-corrected chi connectivity index (χ1v) is 7.97. The summed E-state index contributed by atoms with van der Waals surface area (Å²) in [7, 11) is 0. The highest BCUT2D eigenvalue weighted by atomic mass is 35.5. The lowest BCUT2D eigenvalue weighted by atomic mass is 10.0. The van der Waals surface area contributed by atoms with Gasteiger partial charge in [0.2, 0.25) is 5.91 Å². The zero-order valence-corrected chi connectivity index (χ0v) is 13.7. The predicted octanol–water partition coefficient (Wildman–Crippen LogP) is 2.77. The average Bonchev–Trinajstić information content (AvgIpc) is 2.49. The van der Waals surface area contributed by atoms with Gasteiger partial charge in [0, 0.05) is 36.6 Å². The minimum Gasteiger partial charge on any atom is -0.376 e. The van der Waals surface area contributed by atoms with Crippen molar-refractivity contribution in [2.24, 2.45) is 0 Å². The van der Waals surface area contributed by atoms with Crippen molar-refractivity contribution in [1.29, 1.82) is 0 Å². The second-order valence-corrected chi connectivity index (χ2v) is 5.89. The molecule has 1 amide bonds. The maximum atomic E-state index is 14.3. The van der Waals surface area contributed by atoms with Crippen LogP contribution in [0.1, 0.15) is 31.9 Å². The van der Waals surface area contributed by atoms with Gasteiger partial charge >= 0.3 is 0 Å². The molecule has 1 saturated heterocycles. The van der Waals surface area contributed by atoms with E-state index in [2.05, 4.69) is 10.2 Å². The molecule has 1 aromatic rings. The normalized spacial score (nSPS) is 20.6. The van der Waals surface area contributed by atoms with Gasteiger partial charge in [0.1, 0.15) is 5.82 Å². The van der Waals surface area contributed by atoms with E-state index < -0.39 is 0 Å². The van der Waals surface area contributed by atoms with Crippen LogP contribution >= 0.6 is 11.6 Å². The van der Waals surface area contributed by atoms with Crippen molar-refractivity contribution in [3.8, 4) is 0 Å². The van der Waals surface area contributed by atoms with Crippen LogP contribution in [0.25, 0.3) is 0 Å². The van der Waals surface area contributed by atoms with E-state index in [0.29, 0.717) is 43.2 Å². The molecule has 1 aliphatic heterocycles. The third-order valence-electron chi connectivity index (χ3n) is 3.86. The standard InChI is InChI=1S/C16H22ClFN2O2/c1-3-15(21)19-9-14(20-7-8-22-11(2)10-20)16-12(17)5-4-6-13(16)18/h4-6,11,14H,3,7-10H2,1-2H3,(H,19,21)/t11-,14+/m0/s1. The molecule has 0 aromatic heterocycles. The maximum absolute atomic E-state index is 14.3. The largest absolute Gasteiger partial charge is 0.376 e. The summed E-state index contributed by atoms with van der Waals surface area (Å²) < 4.78 is 19.8. The molecule has 0 bridgehead atoms. The van der Waals surface area contributed by atoms with Crippen molar-refractivity contribution in [1.82, 2.24) is 10.2 Å². The molecule has 2 atom stereocenters. The number of amides is 1. The van der Waals surface area contributed by atoms with Gasteiger partial charge in [0.05, 0.1) is 18.8 Å². The Labute approximate surface area is 135 Å². The van der Waals surface area contributed by atoms with E-state index in [9.17, 15) is 9.18 Å². The molecular weight excluding hydrogens is 307 g/mol. The monoisotopic (exact) mass is 328 g/mol. The number of carbonyl (C=O) groups is 1. The SMILES string of the molecule is CCC(=O)NC[C@H](c1c(F)cccc1Cl)N1CCO[C@@H](C)C1. The van der Waals surface area contributed by atoms with Gasteiger partial charge in [-0.1, -0.05) is 24.6 Å². The molecule has 2 rings (SSSR count). The Hall–Kier alpha value is -1.17. The lowest BCUT2D eigenvalue weighted by Gasteiger charge is -2.38. The lowest BCUT2D eigenvalue weighted by molar-refractivity contribution is -0.121. The number of hydrogen-bond donors (Lipinski definition) is 1.